The van der Waals surface area contributed by atoms with E-state index in [1.165, 1.54) is 0 Å². The van der Waals surface area contributed by atoms with Gasteiger partial charge in [0.1, 0.15) is 17.7 Å². The standard InChI is InChI=1S/C33H53N3O4/c1-10-13-14-15-18-22-36(31(38)28(23-24(4)5)35-32(39)40-33(7,8)9)29(30(37)34-25(6)19-11-2)27-21-17-16-20-26(27)12-3/h3,16-17,20-21,24-25,28-29H,10-11,13-15,18-19,22-23H2,1-2,4-9H3,(H,34,37)(H,35,39). The number of unbranched alkanes of at least 4 members (excludes halogenated alkanes) is 4. The number of benzene rings is 1. The first kappa shape index (κ1) is 35.0. The molecule has 0 saturated heterocycles. The molecule has 40 heavy (non-hydrogen) atoms. The van der Waals surface area contributed by atoms with E-state index in [1.807, 2.05) is 39.0 Å². The highest BCUT2D eigenvalue weighted by atomic mass is 16.6. The Hall–Kier alpha value is -3.01. The summed E-state index contributed by atoms with van der Waals surface area (Å²) in [6, 6.07) is 5.42. The van der Waals surface area contributed by atoms with Gasteiger partial charge < -0.3 is 20.3 Å². The minimum absolute atomic E-state index is 0.0640. The topological polar surface area (TPSA) is 87.7 Å². The fourth-order valence-corrected chi connectivity index (χ4v) is 4.74. The molecule has 1 aromatic carbocycles. The minimum atomic E-state index is -0.930. The molecule has 0 aliphatic rings. The molecule has 0 bridgehead atoms. The van der Waals surface area contributed by atoms with Crippen LogP contribution in [-0.4, -0.2) is 47.0 Å². The van der Waals surface area contributed by atoms with Crippen molar-refractivity contribution in [2.45, 2.75) is 130 Å². The van der Waals surface area contributed by atoms with Gasteiger partial charge in [-0.05, 0) is 64.5 Å². The van der Waals surface area contributed by atoms with E-state index in [0.29, 0.717) is 24.1 Å². The Kier molecular flexibility index (Phi) is 15.4. The summed E-state index contributed by atoms with van der Waals surface area (Å²) in [6.07, 6.45) is 12.3. The van der Waals surface area contributed by atoms with Gasteiger partial charge in [0.25, 0.3) is 0 Å². The molecule has 3 atom stereocenters. The summed E-state index contributed by atoms with van der Waals surface area (Å²) in [4.78, 5) is 42.7. The molecule has 1 aromatic rings. The molecule has 3 amide bonds. The van der Waals surface area contributed by atoms with Crippen LogP contribution in [0.2, 0.25) is 0 Å². The van der Waals surface area contributed by atoms with Gasteiger partial charge in [-0.1, -0.05) is 83.9 Å². The number of terminal acetylenes is 1. The Balaban J connectivity index is 3.58. The number of hydrogen-bond acceptors (Lipinski definition) is 4. The lowest BCUT2D eigenvalue weighted by atomic mass is 9.95. The van der Waals surface area contributed by atoms with Gasteiger partial charge in [0.2, 0.25) is 11.8 Å². The number of nitrogens with one attached hydrogen (secondary N) is 2. The largest absolute Gasteiger partial charge is 0.444 e. The summed E-state index contributed by atoms with van der Waals surface area (Å²) < 4.78 is 5.49. The predicted octanol–water partition coefficient (Wildman–Crippen LogP) is 6.75. The second-order valence-electron chi connectivity index (χ2n) is 12.1. The van der Waals surface area contributed by atoms with Gasteiger partial charge in [0.15, 0.2) is 0 Å². The summed E-state index contributed by atoms with van der Waals surface area (Å²) >= 11 is 0. The van der Waals surface area contributed by atoms with Gasteiger partial charge in [-0.15, -0.1) is 6.42 Å². The van der Waals surface area contributed by atoms with Crippen LogP contribution in [0.3, 0.4) is 0 Å². The summed E-state index contributed by atoms with van der Waals surface area (Å²) in [5.74, 6) is 2.23. The molecule has 7 heteroatoms. The average Bonchev–Trinajstić information content (AvgIpc) is 2.85. The van der Waals surface area contributed by atoms with E-state index < -0.39 is 23.8 Å². The molecular formula is C33H53N3O4. The summed E-state index contributed by atoms with van der Waals surface area (Å²) in [6.45, 7) is 15.9. The van der Waals surface area contributed by atoms with Crippen LogP contribution in [0.4, 0.5) is 4.79 Å². The van der Waals surface area contributed by atoms with Crippen molar-refractivity contribution in [3.63, 3.8) is 0 Å². The van der Waals surface area contributed by atoms with Crippen LogP contribution in [0.15, 0.2) is 24.3 Å². The van der Waals surface area contributed by atoms with Crippen molar-refractivity contribution >= 4 is 17.9 Å². The smallest absolute Gasteiger partial charge is 0.408 e. The summed E-state index contributed by atoms with van der Waals surface area (Å²) in [5.41, 5.74) is 0.460. The van der Waals surface area contributed by atoms with E-state index in [2.05, 4.69) is 30.4 Å². The Morgan fingerprint density at radius 3 is 2.20 bits per heavy atom. The Morgan fingerprint density at radius 2 is 1.62 bits per heavy atom. The quantitative estimate of drug-likeness (QED) is 0.174. The van der Waals surface area contributed by atoms with Crippen molar-refractivity contribution in [2.24, 2.45) is 5.92 Å². The zero-order valence-electron chi connectivity index (χ0n) is 26.1. The number of amides is 3. The number of carbonyl (C=O) groups is 3. The van der Waals surface area contributed by atoms with E-state index in [-0.39, 0.29) is 23.8 Å². The second-order valence-corrected chi connectivity index (χ2v) is 12.1. The van der Waals surface area contributed by atoms with E-state index in [9.17, 15) is 14.4 Å². The maximum Gasteiger partial charge on any atom is 0.408 e. The molecule has 3 unspecified atom stereocenters. The molecule has 1 rings (SSSR count). The van der Waals surface area contributed by atoms with Crippen LogP contribution in [0.1, 0.15) is 124 Å². The van der Waals surface area contributed by atoms with E-state index in [1.54, 1.807) is 31.7 Å². The molecule has 224 valence electrons. The molecule has 0 heterocycles. The minimum Gasteiger partial charge on any atom is -0.444 e. The number of alkyl carbamates (subject to hydrolysis) is 1. The molecular weight excluding hydrogens is 502 g/mol. The molecule has 0 radical (unpaired) electrons. The maximum atomic E-state index is 14.4. The third kappa shape index (κ3) is 12.4. The highest BCUT2D eigenvalue weighted by Crippen LogP contribution is 2.27. The Morgan fingerprint density at radius 1 is 0.975 bits per heavy atom. The fourth-order valence-electron chi connectivity index (χ4n) is 4.74. The third-order valence-electron chi connectivity index (χ3n) is 6.56. The zero-order chi connectivity index (χ0) is 30.3. The van der Waals surface area contributed by atoms with Crippen LogP contribution >= 0.6 is 0 Å². The number of ether oxygens (including phenoxy) is 1. The Labute approximate surface area is 243 Å². The second kappa shape index (κ2) is 17.6. The molecule has 0 aliphatic heterocycles. The van der Waals surface area contributed by atoms with Gasteiger partial charge in [-0.3, -0.25) is 9.59 Å². The third-order valence-corrected chi connectivity index (χ3v) is 6.56. The SMILES string of the molecule is C#Cc1ccccc1C(C(=O)NC(C)CCC)N(CCCCCCC)C(=O)C(CC(C)C)NC(=O)OC(C)(C)C. The maximum absolute atomic E-state index is 14.4. The highest BCUT2D eigenvalue weighted by Gasteiger charge is 2.37. The van der Waals surface area contributed by atoms with Crippen LogP contribution in [0.25, 0.3) is 0 Å². The zero-order valence-corrected chi connectivity index (χ0v) is 26.1. The average molecular weight is 556 g/mol. The van der Waals surface area contributed by atoms with Gasteiger partial charge in [-0.25, -0.2) is 4.79 Å². The highest BCUT2D eigenvalue weighted by molar-refractivity contribution is 5.92. The first-order valence-corrected chi connectivity index (χ1v) is 15.0. The lowest BCUT2D eigenvalue weighted by Crippen LogP contribution is -2.54. The van der Waals surface area contributed by atoms with Crippen molar-refractivity contribution in [1.29, 1.82) is 0 Å². The number of rotatable bonds is 16. The van der Waals surface area contributed by atoms with Gasteiger partial charge in [0, 0.05) is 18.2 Å². The lowest BCUT2D eigenvalue weighted by Gasteiger charge is -2.36. The van der Waals surface area contributed by atoms with Crippen molar-refractivity contribution < 1.29 is 19.1 Å². The van der Waals surface area contributed by atoms with E-state index in [4.69, 9.17) is 11.2 Å². The normalized spacial score (nSPS) is 13.6. The predicted molar refractivity (Wildman–Crippen MR) is 163 cm³/mol. The van der Waals surface area contributed by atoms with Crippen LogP contribution < -0.4 is 10.6 Å². The molecule has 0 aromatic heterocycles. The molecule has 0 spiro atoms. The lowest BCUT2D eigenvalue weighted by molar-refractivity contribution is -0.143. The van der Waals surface area contributed by atoms with Gasteiger partial charge >= 0.3 is 6.09 Å². The summed E-state index contributed by atoms with van der Waals surface area (Å²) in [7, 11) is 0. The number of nitrogens with zero attached hydrogens (tertiary/aromatic N) is 1. The first-order chi connectivity index (χ1) is 18.8. The molecule has 0 fully saturated rings. The van der Waals surface area contributed by atoms with Crippen LogP contribution in [-0.2, 0) is 14.3 Å². The number of hydrogen-bond donors (Lipinski definition) is 2. The van der Waals surface area contributed by atoms with E-state index in [0.717, 1.165) is 44.9 Å². The van der Waals surface area contributed by atoms with Crippen molar-refractivity contribution in [1.82, 2.24) is 15.5 Å². The molecule has 0 saturated carbocycles. The Bertz CT molecular complexity index is 977. The van der Waals surface area contributed by atoms with Gasteiger partial charge in [-0.2, -0.15) is 0 Å². The van der Waals surface area contributed by atoms with Crippen molar-refractivity contribution in [2.75, 3.05) is 6.54 Å². The van der Waals surface area contributed by atoms with E-state index >= 15 is 0 Å². The fraction of sp³-hybridized carbons (Fsp3) is 0.667. The van der Waals surface area contributed by atoms with Crippen LogP contribution in [0, 0.1) is 18.3 Å². The number of carbonyl (C=O) groups excluding carboxylic acids is 3. The first-order valence-electron chi connectivity index (χ1n) is 15.0. The molecule has 7 nitrogen and oxygen atoms in total. The van der Waals surface area contributed by atoms with Gasteiger partial charge in [0.05, 0.1) is 0 Å². The molecule has 2 N–H and O–H groups in total. The van der Waals surface area contributed by atoms with Crippen molar-refractivity contribution in [3.8, 4) is 12.3 Å². The molecule has 0 aliphatic carbocycles. The monoisotopic (exact) mass is 555 g/mol. The van der Waals surface area contributed by atoms with Crippen molar-refractivity contribution in [3.05, 3.63) is 35.4 Å². The summed E-state index contributed by atoms with van der Waals surface area (Å²) in [5, 5.41) is 5.92. The van der Waals surface area contributed by atoms with Crippen LogP contribution in [0.5, 0.6) is 0 Å².